The van der Waals surface area contributed by atoms with Crippen LogP contribution in [0.15, 0.2) is 23.9 Å². The number of carbonyl (C=O) groups is 2. The molecule has 1 saturated heterocycles. The van der Waals surface area contributed by atoms with Crippen LogP contribution >= 0.6 is 35.0 Å². The standard InChI is InChI=1S/C10H5Cl2NO2S/c11-6-2-1-5(3-7(6)12)4-8-9(14)16-10(15)13-8/h1-4H,(H,13,15). The van der Waals surface area contributed by atoms with Crippen molar-refractivity contribution in [1.82, 2.24) is 5.32 Å². The van der Waals surface area contributed by atoms with Gasteiger partial charge in [0.05, 0.1) is 15.7 Å². The summed E-state index contributed by atoms with van der Waals surface area (Å²) in [6, 6.07) is 4.97. The summed E-state index contributed by atoms with van der Waals surface area (Å²) in [5.74, 6) is 0. The number of benzene rings is 1. The minimum absolute atomic E-state index is 0.258. The Morgan fingerprint density at radius 1 is 1.19 bits per heavy atom. The van der Waals surface area contributed by atoms with E-state index in [0.717, 1.165) is 0 Å². The first kappa shape index (κ1) is 11.5. The van der Waals surface area contributed by atoms with Crippen molar-refractivity contribution in [3.05, 3.63) is 39.5 Å². The fourth-order valence-corrected chi connectivity index (χ4v) is 2.05. The molecular formula is C10H5Cl2NO2S. The Morgan fingerprint density at radius 3 is 2.50 bits per heavy atom. The Labute approximate surface area is 106 Å². The predicted octanol–water partition coefficient (Wildman–Crippen LogP) is 3.32. The summed E-state index contributed by atoms with van der Waals surface area (Å²) in [5, 5.41) is 2.63. The third-order valence-corrected chi connectivity index (χ3v) is 3.33. The van der Waals surface area contributed by atoms with E-state index in [9.17, 15) is 9.59 Å². The van der Waals surface area contributed by atoms with Crippen molar-refractivity contribution < 1.29 is 9.59 Å². The van der Waals surface area contributed by atoms with Crippen molar-refractivity contribution in [2.24, 2.45) is 0 Å². The van der Waals surface area contributed by atoms with E-state index in [0.29, 0.717) is 27.4 Å². The number of amides is 1. The zero-order valence-corrected chi connectivity index (χ0v) is 10.1. The Balaban J connectivity index is 2.32. The van der Waals surface area contributed by atoms with Crippen molar-refractivity contribution in [2.75, 3.05) is 0 Å². The zero-order valence-electron chi connectivity index (χ0n) is 7.79. The van der Waals surface area contributed by atoms with E-state index in [1.807, 2.05) is 0 Å². The lowest BCUT2D eigenvalue weighted by atomic mass is 10.2. The summed E-state index contributed by atoms with van der Waals surface area (Å²) in [5.41, 5.74) is 0.967. The van der Waals surface area contributed by atoms with Crippen LogP contribution in [0, 0.1) is 0 Å². The second-order valence-corrected chi connectivity index (χ2v) is 4.79. The van der Waals surface area contributed by atoms with E-state index in [4.69, 9.17) is 23.2 Å². The van der Waals surface area contributed by atoms with Crippen LogP contribution in [0.4, 0.5) is 4.79 Å². The van der Waals surface area contributed by atoms with Crippen LogP contribution in [-0.2, 0) is 4.79 Å². The van der Waals surface area contributed by atoms with Crippen LogP contribution in [0.2, 0.25) is 10.0 Å². The molecule has 1 heterocycles. The molecule has 0 aromatic heterocycles. The Kier molecular flexibility index (Phi) is 3.23. The molecule has 1 amide bonds. The Morgan fingerprint density at radius 2 is 1.94 bits per heavy atom. The first-order valence-electron chi connectivity index (χ1n) is 4.26. The second kappa shape index (κ2) is 4.49. The van der Waals surface area contributed by atoms with E-state index < -0.39 is 0 Å². The first-order chi connectivity index (χ1) is 7.56. The van der Waals surface area contributed by atoms with Crippen LogP contribution in [0.3, 0.4) is 0 Å². The van der Waals surface area contributed by atoms with Gasteiger partial charge in [-0.25, -0.2) is 0 Å². The van der Waals surface area contributed by atoms with Gasteiger partial charge in [0.15, 0.2) is 0 Å². The number of nitrogens with one attached hydrogen (secondary N) is 1. The van der Waals surface area contributed by atoms with Gasteiger partial charge in [-0.3, -0.25) is 9.59 Å². The Bertz CT molecular complexity index is 514. The van der Waals surface area contributed by atoms with Gasteiger partial charge in [0.2, 0.25) is 5.12 Å². The largest absolute Gasteiger partial charge is 0.313 e. The third kappa shape index (κ3) is 2.40. The molecular weight excluding hydrogens is 269 g/mol. The maximum Gasteiger partial charge on any atom is 0.291 e. The number of carbonyl (C=O) groups excluding carboxylic acids is 2. The summed E-state index contributed by atoms with van der Waals surface area (Å²) in [6.07, 6.45) is 1.56. The SMILES string of the molecule is O=C1NC(=Cc2ccc(Cl)c(Cl)c2)C(=O)S1. The summed E-state index contributed by atoms with van der Waals surface area (Å²) in [6.45, 7) is 0. The van der Waals surface area contributed by atoms with E-state index >= 15 is 0 Å². The molecule has 3 nitrogen and oxygen atoms in total. The number of halogens is 2. The van der Waals surface area contributed by atoms with Crippen LogP contribution in [0.25, 0.3) is 6.08 Å². The summed E-state index contributed by atoms with van der Waals surface area (Å²) >= 11 is 12.2. The molecule has 1 fully saturated rings. The number of hydrogen-bond acceptors (Lipinski definition) is 3. The normalized spacial score (nSPS) is 18.0. The molecule has 0 spiro atoms. The fourth-order valence-electron chi connectivity index (χ4n) is 1.19. The molecule has 2 rings (SSSR count). The van der Waals surface area contributed by atoms with Crippen molar-refractivity contribution >= 4 is 51.4 Å². The Hall–Kier alpha value is -0.970. The molecule has 0 saturated carbocycles. The average Bonchev–Trinajstić information content (AvgIpc) is 2.51. The summed E-state index contributed by atoms with van der Waals surface area (Å²) in [4.78, 5) is 22.2. The molecule has 1 aliphatic heterocycles. The second-order valence-electron chi connectivity index (χ2n) is 3.03. The van der Waals surface area contributed by atoms with Crippen molar-refractivity contribution in [3.8, 4) is 0 Å². The van der Waals surface area contributed by atoms with Gasteiger partial charge in [0.25, 0.3) is 5.24 Å². The molecule has 1 aromatic rings. The number of thioether (sulfide) groups is 1. The maximum absolute atomic E-state index is 11.3. The number of hydrogen-bond donors (Lipinski definition) is 1. The minimum Gasteiger partial charge on any atom is -0.313 e. The smallest absolute Gasteiger partial charge is 0.291 e. The molecule has 0 radical (unpaired) electrons. The monoisotopic (exact) mass is 273 g/mol. The lowest BCUT2D eigenvalue weighted by Gasteiger charge is -1.99. The predicted molar refractivity (Wildman–Crippen MR) is 65.6 cm³/mol. The highest BCUT2D eigenvalue weighted by molar-refractivity contribution is 8.27. The highest BCUT2D eigenvalue weighted by Crippen LogP contribution is 2.25. The molecule has 0 atom stereocenters. The third-order valence-electron chi connectivity index (χ3n) is 1.90. The van der Waals surface area contributed by atoms with E-state index in [1.165, 1.54) is 0 Å². The van der Waals surface area contributed by atoms with Crippen LogP contribution in [0.5, 0.6) is 0 Å². The van der Waals surface area contributed by atoms with Gasteiger partial charge in [-0.05, 0) is 23.8 Å². The average molecular weight is 274 g/mol. The van der Waals surface area contributed by atoms with Crippen molar-refractivity contribution in [1.29, 1.82) is 0 Å². The van der Waals surface area contributed by atoms with Crippen molar-refractivity contribution in [2.45, 2.75) is 0 Å². The van der Waals surface area contributed by atoms with Gasteiger partial charge >= 0.3 is 0 Å². The molecule has 16 heavy (non-hydrogen) atoms. The minimum atomic E-state index is -0.365. The van der Waals surface area contributed by atoms with Gasteiger partial charge < -0.3 is 5.32 Å². The van der Waals surface area contributed by atoms with Gasteiger partial charge in [-0.2, -0.15) is 0 Å². The lowest BCUT2D eigenvalue weighted by Crippen LogP contribution is -2.10. The molecule has 1 N–H and O–H groups in total. The van der Waals surface area contributed by atoms with Crippen molar-refractivity contribution in [3.63, 3.8) is 0 Å². The molecule has 82 valence electrons. The fraction of sp³-hybridized carbons (Fsp3) is 0. The van der Waals surface area contributed by atoms with E-state index in [2.05, 4.69) is 5.32 Å². The molecule has 0 bridgehead atoms. The van der Waals surface area contributed by atoms with Gasteiger partial charge in [-0.15, -0.1) is 0 Å². The molecule has 0 aliphatic carbocycles. The van der Waals surface area contributed by atoms with E-state index in [1.54, 1.807) is 24.3 Å². The first-order valence-corrected chi connectivity index (χ1v) is 5.83. The summed E-state index contributed by atoms with van der Waals surface area (Å²) in [7, 11) is 0. The van der Waals surface area contributed by atoms with E-state index in [-0.39, 0.29) is 16.1 Å². The molecule has 1 aromatic carbocycles. The maximum atomic E-state index is 11.3. The van der Waals surface area contributed by atoms with Gasteiger partial charge in [-0.1, -0.05) is 29.3 Å². The lowest BCUT2D eigenvalue weighted by molar-refractivity contribution is -0.107. The van der Waals surface area contributed by atoms with Crippen LogP contribution in [-0.4, -0.2) is 10.4 Å². The van der Waals surface area contributed by atoms with Crippen LogP contribution in [0.1, 0.15) is 5.56 Å². The zero-order chi connectivity index (χ0) is 11.7. The molecule has 6 heteroatoms. The molecule has 1 aliphatic rings. The highest BCUT2D eigenvalue weighted by Gasteiger charge is 2.25. The highest BCUT2D eigenvalue weighted by atomic mass is 35.5. The molecule has 0 unspecified atom stereocenters. The van der Waals surface area contributed by atoms with Gasteiger partial charge in [0.1, 0.15) is 0 Å². The summed E-state index contributed by atoms with van der Waals surface area (Å²) < 4.78 is 0. The number of rotatable bonds is 1. The van der Waals surface area contributed by atoms with Gasteiger partial charge in [0, 0.05) is 11.8 Å². The van der Waals surface area contributed by atoms with Crippen LogP contribution < -0.4 is 5.32 Å². The quantitative estimate of drug-likeness (QED) is 0.799. The topological polar surface area (TPSA) is 46.2 Å².